The normalized spacial score (nSPS) is 17.5. The fourth-order valence-corrected chi connectivity index (χ4v) is 3.48. The highest BCUT2D eigenvalue weighted by Crippen LogP contribution is 2.20. The van der Waals surface area contributed by atoms with Gasteiger partial charge in [-0.25, -0.2) is 0 Å². The molecule has 0 radical (unpaired) electrons. The van der Waals surface area contributed by atoms with Crippen molar-refractivity contribution in [3.8, 4) is 0 Å². The molecule has 5 heteroatoms. The number of methoxy groups -OCH3 is 1. The third kappa shape index (κ3) is 4.74. The van der Waals surface area contributed by atoms with E-state index in [9.17, 15) is 9.59 Å². The predicted octanol–water partition coefficient (Wildman–Crippen LogP) is 2.42. The van der Waals surface area contributed by atoms with Crippen LogP contribution in [0.5, 0.6) is 0 Å². The number of carbonyl (C=O) groups excluding carboxylic acids is 2. The summed E-state index contributed by atoms with van der Waals surface area (Å²) in [5.74, 6) is -0.0312. The Bertz CT molecular complexity index is 791. The number of hydrogen-bond donors (Lipinski definition) is 0. The van der Waals surface area contributed by atoms with Crippen LogP contribution < -0.4 is 0 Å². The van der Waals surface area contributed by atoms with Crippen molar-refractivity contribution in [2.45, 2.75) is 25.9 Å². The lowest BCUT2D eigenvalue weighted by molar-refractivity contribution is -0.157. The van der Waals surface area contributed by atoms with Crippen molar-refractivity contribution in [1.82, 2.24) is 9.80 Å². The van der Waals surface area contributed by atoms with Crippen LogP contribution in [0.1, 0.15) is 16.7 Å². The summed E-state index contributed by atoms with van der Waals surface area (Å²) in [5.41, 5.74) is 3.23. The van der Waals surface area contributed by atoms with Gasteiger partial charge < -0.3 is 14.5 Å². The van der Waals surface area contributed by atoms with E-state index >= 15 is 0 Å². The van der Waals surface area contributed by atoms with Gasteiger partial charge in [0.15, 0.2) is 0 Å². The molecule has 5 nitrogen and oxygen atoms in total. The molecular formula is C22H26N2O3. The maximum atomic E-state index is 13.1. The first-order chi connectivity index (χ1) is 13.1. The van der Waals surface area contributed by atoms with E-state index in [1.54, 1.807) is 16.9 Å². The molecule has 142 valence electrons. The second-order valence-electron chi connectivity index (χ2n) is 6.97. The Labute approximate surface area is 160 Å². The van der Waals surface area contributed by atoms with Crippen LogP contribution in [-0.2, 0) is 27.3 Å². The van der Waals surface area contributed by atoms with Gasteiger partial charge in [-0.2, -0.15) is 0 Å². The number of rotatable bonds is 7. The summed E-state index contributed by atoms with van der Waals surface area (Å²) in [5, 5.41) is 0. The molecule has 2 aromatic rings. The molecule has 1 atom stereocenters. The van der Waals surface area contributed by atoms with Crippen molar-refractivity contribution < 1.29 is 14.3 Å². The minimum atomic E-state index is -0.494. The van der Waals surface area contributed by atoms with Crippen molar-refractivity contribution in [3.63, 3.8) is 0 Å². The third-order valence-electron chi connectivity index (χ3n) is 4.89. The van der Waals surface area contributed by atoms with Crippen LogP contribution in [0.25, 0.3) is 0 Å². The Morgan fingerprint density at radius 3 is 2.48 bits per heavy atom. The number of aryl methyl sites for hydroxylation is 1. The molecule has 27 heavy (non-hydrogen) atoms. The SMILES string of the molecule is COCCN1CC(=O)N(Cc2cccc(C)c2)[C@H](Cc2ccccc2)C1=O. The molecule has 0 N–H and O–H groups in total. The molecule has 0 aromatic heterocycles. The summed E-state index contributed by atoms with van der Waals surface area (Å²) >= 11 is 0. The number of benzene rings is 2. The van der Waals surface area contributed by atoms with E-state index in [1.807, 2.05) is 55.5 Å². The highest BCUT2D eigenvalue weighted by Gasteiger charge is 2.39. The standard InChI is InChI=1S/C22H26N2O3/c1-17-7-6-10-19(13-17)15-24-20(14-18-8-4-3-5-9-18)22(26)23(11-12-27-2)16-21(24)25/h3-10,13,20H,11-12,14-16H2,1-2H3/t20-/m1/s1. The first-order valence-corrected chi connectivity index (χ1v) is 9.25. The van der Waals surface area contributed by atoms with E-state index < -0.39 is 6.04 Å². The number of hydrogen-bond acceptors (Lipinski definition) is 3. The van der Waals surface area contributed by atoms with Crippen LogP contribution in [0.15, 0.2) is 54.6 Å². The van der Waals surface area contributed by atoms with E-state index in [4.69, 9.17) is 4.74 Å². The molecule has 1 fully saturated rings. The van der Waals surface area contributed by atoms with E-state index in [0.717, 1.165) is 16.7 Å². The highest BCUT2D eigenvalue weighted by molar-refractivity contribution is 5.95. The zero-order chi connectivity index (χ0) is 19.2. The minimum absolute atomic E-state index is 0.0110. The number of amides is 2. The van der Waals surface area contributed by atoms with Gasteiger partial charge in [0.2, 0.25) is 11.8 Å². The summed E-state index contributed by atoms with van der Waals surface area (Å²) in [6.45, 7) is 3.45. The Balaban J connectivity index is 1.86. The maximum Gasteiger partial charge on any atom is 0.246 e. The van der Waals surface area contributed by atoms with Gasteiger partial charge in [0, 0.05) is 26.6 Å². The summed E-state index contributed by atoms with van der Waals surface area (Å²) in [7, 11) is 1.60. The fraction of sp³-hybridized carbons (Fsp3) is 0.364. The Kier molecular flexibility index (Phi) is 6.24. The summed E-state index contributed by atoms with van der Waals surface area (Å²) in [6, 6.07) is 17.4. The zero-order valence-corrected chi connectivity index (χ0v) is 15.9. The van der Waals surface area contributed by atoms with Crippen LogP contribution >= 0.6 is 0 Å². The molecule has 3 rings (SSSR count). The van der Waals surface area contributed by atoms with Gasteiger partial charge in [-0.05, 0) is 18.1 Å². The van der Waals surface area contributed by atoms with Crippen LogP contribution in [0, 0.1) is 6.92 Å². The molecule has 1 saturated heterocycles. The van der Waals surface area contributed by atoms with Crippen molar-refractivity contribution in [2.75, 3.05) is 26.8 Å². The largest absolute Gasteiger partial charge is 0.383 e. The number of nitrogens with zero attached hydrogens (tertiary/aromatic N) is 2. The summed E-state index contributed by atoms with van der Waals surface area (Å²) in [6.07, 6.45) is 0.515. The molecule has 0 unspecified atom stereocenters. The molecule has 0 aliphatic carbocycles. The van der Waals surface area contributed by atoms with Crippen molar-refractivity contribution in [2.24, 2.45) is 0 Å². The number of piperazine rings is 1. The topological polar surface area (TPSA) is 49.9 Å². The van der Waals surface area contributed by atoms with Crippen LogP contribution in [0.3, 0.4) is 0 Å². The monoisotopic (exact) mass is 366 g/mol. The van der Waals surface area contributed by atoms with Gasteiger partial charge in [0.05, 0.1) is 13.2 Å². The van der Waals surface area contributed by atoms with Gasteiger partial charge in [-0.15, -0.1) is 0 Å². The molecule has 0 bridgehead atoms. The molecule has 0 saturated carbocycles. The molecule has 2 aromatic carbocycles. The summed E-state index contributed by atoms with van der Waals surface area (Å²) < 4.78 is 5.10. The molecule has 1 aliphatic rings. The number of ether oxygens (including phenoxy) is 1. The first kappa shape index (κ1) is 19.1. The van der Waals surface area contributed by atoms with Gasteiger partial charge in [-0.1, -0.05) is 60.2 Å². The van der Waals surface area contributed by atoms with Gasteiger partial charge in [0.1, 0.15) is 6.04 Å². The predicted molar refractivity (Wildman–Crippen MR) is 104 cm³/mol. The first-order valence-electron chi connectivity index (χ1n) is 9.25. The Morgan fingerprint density at radius 1 is 1.04 bits per heavy atom. The fourth-order valence-electron chi connectivity index (χ4n) is 3.48. The lowest BCUT2D eigenvalue weighted by atomic mass is 9.99. The maximum absolute atomic E-state index is 13.1. The molecule has 2 amide bonds. The quantitative estimate of drug-likeness (QED) is 0.756. The second-order valence-corrected chi connectivity index (χ2v) is 6.97. The minimum Gasteiger partial charge on any atom is -0.383 e. The van der Waals surface area contributed by atoms with Gasteiger partial charge >= 0.3 is 0 Å². The average Bonchev–Trinajstić information content (AvgIpc) is 2.67. The van der Waals surface area contributed by atoms with E-state index in [2.05, 4.69) is 6.07 Å². The van der Waals surface area contributed by atoms with E-state index in [-0.39, 0.29) is 18.4 Å². The summed E-state index contributed by atoms with van der Waals surface area (Å²) in [4.78, 5) is 29.4. The van der Waals surface area contributed by atoms with Crippen LogP contribution in [0.4, 0.5) is 0 Å². The van der Waals surface area contributed by atoms with Crippen LogP contribution in [-0.4, -0.2) is 54.5 Å². The molecule has 1 heterocycles. The Hall–Kier alpha value is -2.66. The highest BCUT2D eigenvalue weighted by atomic mass is 16.5. The molecule has 1 aliphatic heterocycles. The lowest BCUT2D eigenvalue weighted by Gasteiger charge is -2.40. The smallest absolute Gasteiger partial charge is 0.246 e. The second kappa shape index (κ2) is 8.82. The third-order valence-corrected chi connectivity index (χ3v) is 4.89. The van der Waals surface area contributed by atoms with Crippen molar-refractivity contribution in [1.29, 1.82) is 0 Å². The van der Waals surface area contributed by atoms with Crippen LogP contribution in [0.2, 0.25) is 0 Å². The molecule has 0 spiro atoms. The van der Waals surface area contributed by atoms with E-state index in [1.165, 1.54) is 0 Å². The van der Waals surface area contributed by atoms with Crippen molar-refractivity contribution >= 4 is 11.8 Å². The Morgan fingerprint density at radius 2 is 1.78 bits per heavy atom. The van der Waals surface area contributed by atoms with Crippen molar-refractivity contribution in [3.05, 3.63) is 71.3 Å². The van der Waals surface area contributed by atoms with Gasteiger partial charge in [-0.3, -0.25) is 9.59 Å². The molecular weight excluding hydrogens is 340 g/mol. The van der Waals surface area contributed by atoms with Gasteiger partial charge in [0.25, 0.3) is 0 Å². The lowest BCUT2D eigenvalue weighted by Crippen LogP contribution is -2.60. The number of carbonyl (C=O) groups is 2. The van der Waals surface area contributed by atoms with E-state index in [0.29, 0.717) is 26.1 Å². The average molecular weight is 366 g/mol. The zero-order valence-electron chi connectivity index (χ0n) is 15.9.